The summed E-state index contributed by atoms with van der Waals surface area (Å²) < 4.78 is 20.3. The Hall–Kier alpha value is -5.00. The maximum Gasteiger partial charge on any atom is 0.317 e. The Kier molecular flexibility index (Phi) is 17.6. The number of aromatic nitrogens is 1. The third kappa shape index (κ3) is 14.8. The minimum absolute atomic E-state index is 0.0448. The number of rotatable bonds is 20. The number of nitrogens with one attached hydrogen (secondary N) is 3. The highest BCUT2D eigenvalue weighted by Crippen LogP contribution is 2.47. The van der Waals surface area contributed by atoms with Gasteiger partial charge in [-0.1, -0.05) is 33.7 Å². The molecule has 5 amide bonds. The highest BCUT2D eigenvalue weighted by atomic mass is 33.1. The predicted octanol–water partition coefficient (Wildman–Crippen LogP) is 7.01. The Morgan fingerprint density at radius 2 is 1.69 bits per heavy atom. The lowest BCUT2D eigenvalue weighted by atomic mass is 10.0. The Labute approximate surface area is 383 Å². The van der Waals surface area contributed by atoms with Gasteiger partial charge < -0.3 is 30.0 Å². The number of pyridine rings is 1. The molecule has 3 heterocycles. The zero-order valence-corrected chi connectivity index (χ0v) is 38.9. The van der Waals surface area contributed by atoms with Gasteiger partial charge in [0.15, 0.2) is 0 Å². The van der Waals surface area contributed by atoms with E-state index in [1.54, 1.807) is 57.9 Å². The molecule has 2 saturated heterocycles. The van der Waals surface area contributed by atoms with E-state index in [9.17, 15) is 28.4 Å². The summed E-state index contributed by atoms with van der Waals surface area (Å²) in [5, 5.41) is 9.97. The van der Waals surface area contributed by atoms with Gasteiger partial charge in [-0.2, -0.15) is 5.10 Å². The van der Waals surface area contributed by atoms with E-state index < -0.39 is 5.82 Å². The second kappa shape index (κ2) is 23.3. The Morgan fingerprint density at radius 3 is 2.38 bits per heavy atom. The molecule has 2 atom stereocenters. The van der Waals surface area contributed by atoms with Crippen molar-refractivity contribution in [3.05, 3.63) is 89.5 Å². The lowest BCUT2D eigenvalue weighted by Crippen LogP contribution is -2.55. The van der Waals surface area contributed by atoms with Crippen LogP contribution in [0, 0.1) is 11.7 Å². The number of urea groups is 1. The number of hydrazone groups is 1. The molecule has 0 unspecified atom stereocenters. The summed E-state index contributed by atoms with van der Waals surface area (Å²) >= 11 is 0. The topological polar surface area (TPSA) is 166 Å². The largest absolute Gasteiger partial charge is 0.494 e. The van der Waals surface area contributed by atoms with Crippen LogP contribution in [0.2, 0.25) is 0 Å². The average molecular weight is 917 g/mol. The monoisotopic (exact) mass is 916 g/mol. The second-order valence-electron chi connectivity index (χ2n) is 17.3. The number of hydrogen-bond acceptors (Lipinski definition) is 11. The SMILES string of the molecule is CC(=O)CCCOc1ccc(/C(C)=N/NC(=O)CC(C)(C)SSCCC(=O)N2CCN(C3CCN(C(=O)NCc4ccc(NC(=O)[C@H]5C[C@@H]5c5cccnc5)cc4F)CC3)CC2)cc1. The summed E-state index contributed by atoms with van der Waals surface area (Å²) in [4.78, 5) is 72.9. The molecular formula is C47H61FN8O6S2. The molecule has 2 aliphatic heterocycles. The van der Waals surface area contributed by atoms with Crippen molar-refractivity contribution in [1.82, 2.24) is 30.4 Å². The summed E-state index contributed by atoms with van der Waals surface area (Å²) in [5.41, 5.74) is 5.97. The summed E-state index contributed by atoms with van der Waals surface area (Å²) in [5.74, 6) is 0.806. The molecule has 17 heteroatoms. The molecular weight excluding hydrogens is 856 g/mol. The van der Waals surface area contributed by atoms with E-state index in [1.807, 2.05) is 62.1 Å². The van der Waals surface area contributed by atoms with Crippen LogP contribution in [0.1, 0.15) is 95.2 Å². The van der Waals surface area contributed by atoms with Gasteiger partial charge in [0.2, 0.25) is 17.7 Å². The second-order valence-corrected chi connectivity index (χ2v) is 20.4. The van der Waals surface area contributed by atoms with Crippen LogP contribution in [-0.2, 0) is 25.7 Å². The van der Waals surface area contributed by atoms with Crippen molar-refractivity contribution in [3.8, 4) is 5.75 Å². The van der Waals surface area contributed by atoms with E-state index >= 15 is 0 Å². The van der Waals surface area contributed by atoms with Gasteiger partial charge in [-0.25, -0.2) is 14.6 Å². The van der Waals surface area contributed by atoms with Crippen LogP contribution >= 0.6 is 21.6 Å². The molecule has 0 radical (unpaired) electrons. The Balaban J connectivity index is 0.809. The minimum atomic E-state index is -0.489. The lowest BCUT2D eigenvalue weighted by molar-refractivity contribution is -0.133. The van der Waals surface area contributed by atoms with E-state index in [0.29, 0.717) is 86.6 Å². The highest BCUT2D eigenvalue weighted by Gasteiger charge is 2.44. The fourth-order valence-electron chi connectivity index (χ4n) is 7.96. The maximum absolute atomic E-state index is 15.0. The molecule has 3 aromatic rings. The van der Waals surface area contributed by atoms with E-state index in [1.165, 1.54) is 6.07 Å². The third-order valence-electron chi connectivity index (χ3n) is 11.8. The number of ether oxygens (including phenoxy) is 1. The first-order valence-corrected chi connectivity index (χ1v) is 24.5. The fraction of sp³-hybridized carbons (Fsp3) is 0.511. The molecule has 14 nitrogen and oxygen atoms in total. The van der Waals surface area contributed by atoms with Gasteiger partial charge in [-0.15, -0.1) is 0 Å². The first-order chi connectivity index (χ1) is 30.7. The Morgan fingerprint density at radius 1 is 0.938 bits per heavy atom. The van der Waals surface area contributed by atoms with Crippen molar-refractivity contribution in [2.45, 2.75) is 95.9 Å². The third-order valence-corrected chi connectivity index (χ3v) is 15.0. The number of nitrogens with zero attached hydrogens (tertiary/aromatic N) is 5. The van der Waals surface area contributed by atoms with Crippen LogP contribution in [0.5, 0.6) is 5.75 Å². The maximum atomic E-state index is 15.0. The van der Waals surface area contributed by atoms with Crippen molar-refractivity contribution in [1.29, 1.82) is 0 Å². The van der Waals surface area contributed by atoms with Crippen LogP contribution in [0.4, 0.5) is 14.9 Å². The lowest BCUT2D eigenvalue weighted by Gasteiger charge is -2.42. The van der Waals surface area contributed by atoms with Gasteiger partial charge in [-0.3, -0.25) is 24.3 Å². The van der Waals surface area contributed by atoms with Gasteiger partial charge in [0.25, 0.3) is 0 Å². The zero-order valence-electron chi connectivity index (χ0n) is 37.3. The summed E-state index contributed by atoms with van der Waals surface area (Å²) in [6.45, 7) is 12.1. The molecule has 1 saturated carbocycles. The number of amides is 5. The number of halogens is 1. The fourth-order valence-corrected chi connectivity index (χ4v) is 10.4. The smallest absolute Gasteiger partial charge is 0.317 e. The number of hydrogen-bond donors (Lipinski definition) is 3. The quantitative estimate of drug-likeness (QED) is 0.0465. The number of benzene rings is 2. The number of carbonyl (C=O) groups is 5. The zero-order chi connectivity index (χ0) is 45.6. The normalized spacial score (nSPS) is 18.3. The number of anilines is 1. The summed E-state index contributed by atoms with van der Waals surface area (Å²) in [7, 11) is 3.20. The molecule has 6 rings (SSSR count). The number of Topliss-reactive ketones (excluding diaryl/α,β-unsaturated/α-hetero) is 1. The molecule has 0 spiro atoms. The van der Waals surface area contributed by atoms with Gasteiger partial charge in [-0.05, 0) is 113 Å². The van der Waals surface area contributed by atoms with Gasteiger partial charge in [0.05, 0.1) is 12.3 Å². The van der Waals surface area contributed by atoms with Crippen LogP contribution in [0.3, 0.4) is 0 Å². The van der Waals surface area contributed by atoms with Crippen molar-refractivity contribution >= 4 is 62.5 Å². The Bertz CT molecular complexity index is 2110. The highest BCUT2D eigenvalue weighted by molar-refractivity contribution is 8.77. The van der Waals surface area contributed by atoms with Crippen LogP contribution in [-0.4, -0.2) is 117 Å². The number of piperazine rings is 1. The number of ketones is 1. The van der Waals surface area contributed by atoms with Gasteiger partial charge in [0.1, 0.15) is 17.3 Å². The van der Waals surface area contributed by atoms with E-state index in [-0.39, 0.29) is 59.1 Å². The molecule has 3 fully saturated rings. The first-order valence-electron chi connectivity index (χ1n) is 22.1. The number of piperidine rings is 1. The van der Waals surface area contributed by atoms with Crippen LogP contribution in [0.25, 0.3) is 0 Å². The van der Waals surface area contributed by atoms with Crippen molar-refractivity contribution in [3.63, 3.8) is 0 Å². The van der Waals surface area contributed by atoms with Crippen molar-refractivity contribution < 1.29 is 33.1 Å². The van der Waals surface area contributed by atoms with Gasteiger partial charge >= 0.3 is 6.03 Å². The summed E-state index contributed by atoms with van der Waals surface area (Å²) in [6, 6.07) is 15.9. The molecule has 1 aromatic heterocycles. The van der Waals surface area contributed by atoms with Crippen molar-refractivity contribution in [2.75, 3.05) is 56.9 Å². The van der Waals surface area contributed by atoms with E-state index in [2.05, 4.69) is 31.0 Å². The van der Waals surface area contributed by atoms with E-state index in [4.69, 9.17) is 4.74 Å². The molecule has 64 heavy (non-hydrogen) atoms. The molecule has 2 aromatic carbocycles. The molecule has 1 aliphatic carbocycles. The first kappa shape index (κ1) is 48.5. The molecule has 0 bridgehead atoms. The van der Waals surface area contributed by atoms with Crippen LogP contribution in [0.15, 0.2) is 72.1 Å². The van der Waals surface area contributed by atoms with Crippen molar-refractivity contribution in [2.24, 2.45) is 11.0 Å². The average Bonchev–Trinajstić information content (AvgIpc) is 4.10. The minimum Gasteiger partial charge on any atom is -0.494 e. The molecule has 344 valence electrons. The number of carbonyl (C=O) groups excluding carboxylic acids is 5. The number of likely N-dealkylation sites (tertiary alicyclic amines) is 1. The van der Waals surface area contributed by atoms with Crippen LogP contribution < -0.4 is 20.8 Å². The molecule has 3 aliphatic rings. The molecule has 3 N–H and O–H groups in total. The van der Waals surface area contributed by atoms with Gasteiger partial charge in [0, 0.05) is 111 Å². The predicted molar refractivity (Wildman–Crippen MR) is 251 cm³/mol. The standard InChI is InChI=1S/C47H61FN8O6S2/c1-32(57)7-6-25-62-39-13-10-34(11-14-39)33(2)52-53-43(58)29-47(3,4)64-63-26-17-44(59)55-23-21-54(22-24-55)38-15-19-56(20-16-38)46(61)50-31-36-9-12-37(27-42(36)48)51-45(60)41-28-40(41)35-8-5-18-49-30-35/h5,8-14,18,27,30,38,40-41H,6-7,15-17,19-26,28-29,31H2,1-4H3,(H,50,61)(H,51,60)(H,53,58)/b52-33+/t40-,41+/m1/s1. The summed E-state index contributed by atoms with van der Waals surface area (Å²) in [6.07, 6.45) is 7.75. The van der Waals surface area contributed by atoms with E-state index in [0.717, 1.165) is 43.5 Å².